The third-order valence-electron chi connectivity index (χ3n) is 4.20. The second-order valence-corrected chi connectivity index (χ2v) is 6.69. The molecule has 2 aromatic carbocycles. The van der Waals surface area contributed by atoms with E-state index >= 15 is 0 Å². The summed E-state index contributed by atoms with van der Waals surface area (Å²) in [6.45, 7) is 3.79. The summed E-state index contributed by atoms with van der Waals surface area (Å²) in [6.07, 6.45) is 0.714. The summed E-state index contributed by atoms with van der Waals surface area (Å²) in [5, 5.41) is 0. The van der Waals surface area contributed by atoms with E-state index in [2.05, 4.69) is 51.2 Å². The van der Waals surface area contributed by atoms with Crippen molar-refractivity contribution in [3.8, 4) is 0 Å². The van der Waals surface area contributed by atoms with E-state index in [-0.39, 0.29) is 12.0 Å². The van der Waals surface area contributed by atoms with Crippen molar-refractivity contribution in [3.63, 3.8) is 0 Å². The van der Waals surface area contributed by atoms with E-state index in [1.165, 1.54) is 16.7 Å². The van der Waals surface area contributed by atoms with Gasteiger partial charge in [0.15, 0.2) is 0 Å². The molecule has 1 aliphatic rings. The van der Waals surface area contributed by atoms with E-state index < -0.39 is 0 Å². The van der Waals surface area contributed by atoms with Gasteiger partial charge in [-0.25, -0.2) is 0 Å². The Bertz CT molecular complexity index is 684. The minimum Gasteiger partial charge on any atom is -0.465 e. The van der Waals surface area contributed by atoms with Crippen molar-refractivity contribution >= 4 is 21.9 Å². The van der Waals surface area contributed by atoms with Gasteiger partial charge in [0.1, 0.15) is 6.04 Å². The molecule has 4 heteroatoms. The minimum atomic E-state index is -0.214. The number of hydrogen-bond acceptors (Lipinski definition) is 3. The zero-order valence-corrected chi connectivity index (χ0v) is 14.8. The molecule has 0 aromatic heterocycles. The molecule has 1 atom stereocenters. The molecule has 0 saturated carbocycles. The molecule has 0 radical (unpaired) electrons. The molecule has 0 spiro atoms. The van der Waals surface area contributed by atoms with Gasteiger partial charge in [0.2, 0.25) is 0 Å². The third kappa shape index (κ3) is 3.82. The van der Waals surface area contributed by atoms with Gasteiger partial charge in [-0.15, -0.1) is 0 Å². The lowest BCUT2D eigenvalue weighted by molar-refractivity contribution is -0.150. The number of benzene rings is 2. The van der Waals surface area contributed by atoms with Crippen LogP contribution in [0.4, 0.5) is 0 Å². The van der Waals surface area contributed by atoms with Crippen molar-refractivity contribution in [2.45, 2.75) is 32.5 Å². The number of carbonyl (C=O) groups excluding carboxylic acids is 1. The Labute approximate surface area is 145 Å². The van der Waals surface area contributed by atoms with Crippen LogP contribution in [-0.4, -0.2) is 23.5 Å². The molecule has 0 bridgehead atoms. The van der Waals surface area contributed by atoms with Crippen molar-refractivity contribution < 1.29 is 9.53 Å². The molecule has 0 N–H and O–H groups in total. The Morgan fingerprint density at radius 3 is 2.57 bits per heavy atom. The van der Waals surface area contributed by atoms with Crippen LogP contribution in [0.1, 0.15) is 23.6 Å². The average molecular weight is 374 g/mol. The fourth-order valence-electron chi connectivity index (χ4n) is 3.04. The maximum absolute atomic E-state index is 12.4. The van der Waals surface area contributed by atoms with Crippen molar-refractivity contribution in [1.29, 1.82) is 0 Å². The van der Waals surface area contributed by atoms with Crippen LogP contribution in [0.5, 0.6) is 0 Å². The van der Waals surface area contributed by atoms with E-state index in [4.69, 9.17) is 4.74 Å². The van der Waals surface area contributed by atoms with Crippen molar-refractivity contribution in [2.75, 3.05) is 6.61 Å². The minimum absolute atomic E-state index is 0.126. The summed E-state index contributed by atoms with van der Waals surface area (Å²) < 4.78 is 6.36. The highest BCUT2D eigenvalue weighted by molar-refractivity contribution is 9.10. The van der Waals surface area contributed by atoms with Gasteiger partial charge >= 0.3 is 5.97 Å². The first-order valence-corrected chi connectivity index (χ1v) is 8.68. The monoisotopic (exact) mass is 373 g/mol. The van der Waals surface area contributed by atoms with Crippen molar-refractivity contribution in [1.82, 2.24) is 4.90 Å². The summed E-state index contributed by atoms with van der Waals surface area (Å²) in [7, 11) is 0. The van der Waals surface area contributed by atoms with Crippen molar-refractivity contribution in [3.05, 3.63) is 69.7 Å². The predicted molar refractivity (Wildman–Crippen MR) is 94.0 cm³/mol. The molecule has 3 rings (SSSR count). The molecule has 1 heterocycles. The Balaban J connectivity index is 1.85. The van der Waals surface area contributed by atoms with Crippen LogP contribution in [0.15, 0.2) is 53.0 Å². The SMILES string of the molecule is CCOC(=O)C1Cc2ccccc2CN1Cc1ccc(Br)cc1. The van der Waals surface area contributed by atoms with E-state index in [1.807, 2.05) is 25.1 Å². The fraction of sp³-hybridized carbons (Fsp3) is 0.316. The predicted octanol–water partition coefficient (Wildman–Crippen LogP) is 3.94. The second kappa shape index (κ2) is 7.28. The number of esters is 1. The van der Waals surface area contributed by atoms with Crippen LogP contribution < -0.4 is 0 Å². The number of hydrogen-bond donors (Lipinski definition) is 0. The van der Waals surface area contributed by atoms with Crippen LogP contribution >= 0.6 is 15.9 Å². The fourth-order valence-corrected chi connectivity index (χ4v) is 3.30. The lowest BCUT2D eigenvalue weighted by Crippen LogP contribution is -2.45. The van der Waals surface area contributed by atoms with E-state index in [0.29, 0.717) is 13.0 Å². The topological polar surface area (TPSA) is 29.5 Å². The number of nitrogens with zero attached hydrogens (tertiary/aromatic N) is 1. The maximum Gasteiger partial charge on any atom is 0.323 e. The number of fused-ring (bicyclic) bond motifs is 1. The number of halogens is 1. The van der Waals surface area contributed by atoms with Crippen LogP contribution in [0, 0.1) is 0 Å². The Hall–Kier alpha value is -1.65. The first-order chi connectivity index (χ1) is 11.2. The molecule has 0 amide bonds. The Morgan fingerprint density at radius 1 is 1.17 bits per heavy atom. The summed E-state index contributed by atoms with van der Waals surface area (Å²) in [5.74, 6) is -0.126. The molecular formula is C19H20BrNO2. The smallest absolute Gasteiger partial charge is 0.323 e. The molecule has 1 unspecified atom stereocenters. The summed E-state index contributed by atoms with van der Waals surface area (Å²) >= 11 is 3.46. The first-order valence-electron chi connectivity index (χ1n) is 7.89. The quantitative estimate of drug-likeness (QED) is 0.760. The molecule has 2 aromatic rings. The summed E-state index contributed by atoms with van der Waals surface area (Å²) in [6, 6.07) is 16.4. The molecule has 120 valence electrons. The van der Waals surface area contributed by atoms with Gasteiger partial charge in [0.05, 0.1) is 6.61 Å². The highest BCUT2D eigenvalue weighted by atomic mass is 79.9. The highest BCUT2D eigenvalue weighted by Gasteiger charge is 2.32. The Morgan fingerprint density at radius 2 is 1.87 bits per heavy atom. The molecule has 0 fully saturated rings. The average Bonchev–Trinajstić information content (AvgIpc) is 2.56. The van der Waals surface area contributed by atoms with Gasteiger partial charge in [0.25, 0.3) is 0 Å². The number of carbonyl (C=O) groups is 1. The number of ether oxygens (including phenoxy) is 1. The largest absolute Gasteiger partial charge is 0.465 e. The molecule has 23 heavy (non-hydrogen) atoms. The van der Waals surface area contributed by atoms with Gasteiger partial charge in [-0.3, -0.25) is 9.69 Å². The van der Waals surface area contributed by atoms with Gasteiger partial charge in [-0.05, 0) is 42.2 Å². The zero-order valence-electron chi connectivity index (χ0n) is 13.2. The van der Waals surface area contributed by atoms with Crippen LogP contribution in [-0.2, 0) is 29.0 Å². The van der Waals surface area contributed by atoms with Crippen molar-refractivity contribution in [2.24, 2.45) is 0 Å². The van der Waals surface area contributed by atoms with Gasteiger partial charge in [-0.1, -0.05) is 52.3 Å². The standard InChI is InChI=1S/C19H20BrNO2/c1-2-23-19(22)18-11-15-5-3-4-6-16(15)13-21(18)12-14-7-9-17(20)10-8-14/h3-10,18H,2,11-13H2,1H3. The van der Waals surface area contributed by atoms with E-state index in [1.54, 1.807) is 0 Å². The lowest BCUT2D eigenvalue weighted by atomic mass is 9.93. The highest BCUT2D eigenvalue weighted by Crippen LogP contribution is 2.26. The van der Waals surface area contributed by atoms with Gasteiger partial charge in [-0.2, -0.15) is 0 Å². The van der Waals surface area contributed by atoms with Crippen LogP contribution in [0.25, 0.3) is 0 Å². The molecule has 1 aliphatic heterocycles. The van der Waals surface area contributed by atoms with E-state index in [9.17, 15) is 4.79 Å². The molecule has 3 nitrogen and oxygen atoms in total. The summed E-state index contributed by atoms with van der Waals surface area (Å²) in [5.41, 5.74) is 3.74. The molecule has 0 saturated heterocycles. The van der Waals surface area contributed by atoms with Gasteiger partial charge in [0, 0.05) is 17.6 Å². The lowest BCUT2D eigenvalue weighted by Gasteiger charge is -2.35. The first kappa shape index (κ1) is 16.2. The summed E-state index contributed by atoms with van der Waals surface area (Å²) in [4.78, 5) is 14.6. The third-order valence-corrected chi connectivity index (χ3v) is 4.73. The Kier molecular flexibility index (Phi) is 5.13. The van der Waals surface area contributed by atoms with E-state index in [0.717, 1.165) is 17.6 Å². The van der Waals surface area contributed by atoms with Gasteiger partial charge < -0.3 is 4.74 Å². The maximum atomic E-state index is 12.4. The zero-order chi connectivity index (χ0) is 16.2. The molecular weight excluding hydrogens is 354 g/mol. The molecule has 0 aliphatic carbocycles. The number of rotatable bonds is 4. The second-order valence-electron chi connectivity index (χ2n) is 5.77. The van der Waals surface area contributed by atoms with Crippen LogP contribution in [0.3, 0.4) is 0 Å². The van der Waals surface area contributed by atoms with Crippen LogP contribution in [0.2, 0.25) is 0 Å². The normalized spacial score (nSPS) is 17.6.